The fourth-order valence-corrected chi connectivity index (χ4v) is 1.66. The Balaban J connectivity index is 2.56. The van der Waals surface area contributed by atoms with Crippen molar-refractivity contribution in [2.45, 2.75) is 19.8 Å². The molecular formula is C13H15N3O4. The van der Waals surface area contributed by atoms with Crippen LogP contribution in [0.2, 0.25) is 0 Å². The highest BCUT2D eigenvalue weighted by atomic mass is 16.6. The maximum absolute atomic E-state index is 10.7. The molecule has 0 radical (unpaired) electrons. The van der Waals surface area contributed by atoms with Gasteiger partial charge in [0.25, 0.3) is 5.69 Å². The predicted molar refractivity (Wildman–Crippen MR) is 72.3 cm³/mol. The van der Waals surface area contributed by atoms with Crippen LogP contribution in [0.15, 0.2) is 18.2 Å². The number of carboxylic acid groups (broad SMARTS) is 1. The van der Waals surface area contributed by atoms with Gasteiger partial charge in [0, 0.05) is 18.3 Å². The van der Waals surface area contributed by atoms with Crippen LogP contribution in [-0.2, 0) is 4.79 Å². The van der Waals surface area contributed by atoms with E-state index in [9.17, 15) is 14.9 Å². The number of nitrogens with zero attached hydrogens (tertiary/aromatic N) is 2. The minimum atomic E-state index is -0.827. The second-order valence-electron chi connectivity index (χ2n) is 4.41. The standard InChI is InChI=1S/C13H15N3O4/c1-9(13(17)18)3-2-6-15-11-4-5-12(16(19)20)10(7-11)8-14/h4-5,7,9,15H,2-3,6H2,1H3,(H,17,18). The van der Waals surface area contributed by atoms with Gasteiger partial charge in [0.2, 0.25) is 0 Å². The minimum Gasteiger partial charge on any atom is -0.481 e. The molecule has 7 nitrogen and oxygen atoms in total. The average Bonchev–Trinajstić information content (AvgIpc) is 2.42. The van der Waals surface area contributed by atoms with Crippen LogP contribution in [0.3, 0.4) is 0 Å². The number of anilines is 1. The zero-order valence-corrected chi connectivity index (χ0v) is 11.0. The molecule has 0 aliphatic carbocycles. The Bertz CT molecular complexity index is 551. The number of benzene rings is 1. The van der Waals surface area contributed by atoms with E-state index in [1.54, 1.807) is 13.0 Å². The Kier molecular flexibility index (Phi) is 5.47. The number of nitriles is 1. The Morgan fingerprint density at radius 2 is 2.30 bits per heavy atom. The summed E-state index contributed by atoms with van der Waals surface area (Å²) in [5, 5.41) is 31.3. The molecular weight excluding hydrogens is 262 g/mol. The molecule has 7 heteroatoms. The zero-order valence-electron chi connectivity index (χ0n) is 11.0. The van der Waals surface area contributed by atoms with Crippen molar-refractivity contribution in [1.29, 1.82) is 5.26 Å². The van der Waals surface area contributed by atoms with E-state index in [0.29, 0.717) is 25.1 Å². The molecule has 0 aliphatic heterocycles. The molecule has 1 unspecified atom stereocenters. The van der Waals surface area contributed by atoms with Crippen LogP contribution in [0.5, 0.6) is 0 Å². The first-order chi connectivity index (χ1) is 9.45. The number of carbonyl (C=O) groups is 1. The average molecular weight is 277 g/mol. The smallest absolute Gasteiger partial charge is 0.306 e. The summed E-state index contributed by atoms with van der Waals surface area (Å²) in [6.07, 6.45) is 1.20. The normalized spacial score (nSPS) is 11.4. The predicted octanol–water partition coefficient (Wildman–Crippen LogP) is 2.38. The molecule has 0 bridgehead atoms. The van der Waals surface area contributed by atoms with Gasteiger partial charge < -0.3 is 10.4 Å². The molecule has 0 heterocycles. The van der Waals surface area contributed by atoms with Crippen molar-refractivity contribution in [1.82, 2.24) is 0 Å². The van der Waals surface area contributed by atoms with E-state index in [4.69, 9.17) is 10.4 Å². The third-order valence-corrected chi connectivity index (χ3v) is 2.88. The molecule has 106 valence electrons. The summed E-state index contributed by atoms with van der Waals surface area (Å²) in [7, 11) is 0. The Morgan fingerprint density at radius 1 is 1.60 bits per heavy atom. The lowest BCUT2D eigenvalue weighted by atomic mass is 10.1. The van der Waals surface area contributed by atoms with E-state index in [2.05, 4.69) is 5.32 Å². The first kappa shape index (κ1) is 15.4. The van der Waals surface area contributed by atoms with Crippen molar-refractivity contribution >= 4 is 17.3 Å². The molecule has 0 aromatic heterocycles. The summed E-state index contributed by atoms with van der Waals surface area (Å²) >= 11 is 0. The highest BCUT2D eigenvalue weighted by Crippen LogP contribution is 2.21. The molecule has 0 saturated heterocycles. The first-order valence-electron chi connectivity index (χ1n) is 6.11. The Labute approximate surface area is 116 Å². The summed E-state index contributed by atoms with van der Waals surface area (Å²) in [5.74, 6) is -1.23. The fourth-order valence-electron chi connectivity index (χ4n) is 1.66. The number of hydrogen-bond acceptors (Lipinski definition) is 5. The largest absolute Gasteiger partial charge is 0.481 e. The summed E-state index contributed by atoms with van der Waals surface area (Å²) in [6, 6.07) is 6.00. The molecule has 20 heavy (non-hydrogen) atoms. The van der Waals surface area contributed by atoms with Gasteiger partial charge in [-0.1, -0.05) is 6.92 Å². The van der Waals surface area contributed by atoms with Crippen molar-refractivity contribution in [3.05, 3.63) is 33.9 Å². The molecule has 0 aliphatic rings. The number of nitrogens with one attached hydrogen (secondary N) is 1. The van der Waals surface area contributed by atoms with Gasteiger partial charge >= 0.3 is 5.97 Å². The van der Waals surface area contributed by atoms with Crippen LogP contribution >= 0.6 is 0 Å². The fraction of sp³-hybridized carbons (Fsp3) is 0.385. The Morgan fingerprint density at radius 3 is 2.85 bits per heavy atom. The summed E-state index contributed by atoms with van der Waals surface area (Å²) in [4.78, 5) is 20.7. The van der Waals surface area contributed by atoms with Gasteiger partial charge in [-0.15, -0.1) is 0 Å². The monoisotopic (exact) mass is 277 g/mol. The SMILES string of the molecule is CC(CCCNc1ccc([N+](=O)[O-])c(C#N)c1)C(=O)O. The quantitative estimate of drug-likeness (QED) is 0.449. The van der Waals surface area contributed by atoms with E-state index >= 15 is 0 Å². The minimum absolute atomic E-state index is 0.00101. The highest BCUT2D eigenvalue weighted by molar-refractivity contribution is 5.69. The number of hydrogen-bond donors (Lipinski definition) is 2. The van der Waals surface area contributed by atoms with Crippen LogP contribution in [-0.4, -0.2) is 22.5 Å². The maximum Gasteiger partial charge on any atom is 0.306 e. The zero-order chi connectivity index (χ0) is 15.1. The van der Waals surface area contributed by atoms with E-state index in [1.807, 2.05) is 0 Å². The van der Waals surface area contributed by atoms with Crippen LogP contribution in [0.25, 0.3) is 0 Å². The first-order valence-corrected chi connectivity index (χ1v) is 6.11. The van der Waals surface area contributed by atoms with Crippen molar-refractivity contribution in [2.24, 2.45) is 5.92 Å². The van der Waals surface area contributed by atoms with Crippen molar-refractivity contribution in [3.8, 4) is 6.07 Å². The van der Waals surface area contributed by atoms with Crippen molar-refractivity contribution in [2.75, 3.05) is 11.9 Å². The van der Waals surface area contributed by atoms with E-state index in [1.165, 1.54) is 18.2 Å². The summed E-state index contributed by atoms with van der Waals surface area (Å²) in [5.41, 5.74) is 0.381. The molecule has 2 N–H and O–H groups in total. The third kappa shape index (κ3) is 4.24. The van der Waals surface area contributed by atoms with Gasteiger partial charge in [0.1, 0.15) is 11.6 Å². The van der Waals surface area contributed by atoms with Crippen LogP contribution in [0.4, 0.5) is 11.4 Å². The van der Waals surface area contributed by atoms with E-state index in [-0.39, 0.29) is 11.3 Å². The molecule has 0 saturated carbocycles. The lowest BCUT2D eigenvalue weighted by Gasteiger charge is -2.08. The molecule has 1 rings (SSSR count). The van der Waals surface area contributed by atoms with Crippen molar-refractivity contribution < 1.29 is 14.8 Å². The number of nitro benzene ring substituents is 1. The number of carboxylic acids is 1. The second kappa shape index (κ2) is 7.09. The third-order valence-electron chi connectivity index (χ3n) is 2.88. The van der Waals surface area contributed by atoms with Crippen molar-refractivity contribution in [3.63, 3.8) is 0 Å². The Hall–Kier alpha value is -2.62. The topological polar surface area (TPSA) is 116 Å². The molecule has 0 amide bonds. The molecule has 1 aromatic rings. The van der Waals surface area contributed by atoms with Crippen LogP contribution in [0, 0.1) is 27.4 Å². The molecule has 0 spiro atoms. The van der Waals surface area contributed by atoms with Gasteiger partial charge in [0.05, 0.1) is 10.8 Å². The van der Waals surface area contributed by atoms with Gasteiger partial charge in [-0.25, -0.2) is 0 Å². The number of aliphatic carboxylic acids is 1. The van der Waals surface area contributed by atoms with Crippen LogP contribution in [0.1, 0.15) is 25.3 Å². The number of nitro groups is 1. The molecule has 1 aromatic carbocycles. The second-order valence-corrected chi connectivity index (χ2v) is 4.41. The van der Waals surface area contributed by atoms with Gasteiger partial charge in [0.15, 0.2) is 0 Å². The maximum atomic E-state index is 10.7. The molecule has 1 atom stereocenters. The van der Waals surface area contributed by atoms with E-state index < -0.39 is 16.8 Å². The molecule has 0 fully saturated rings. The summed E-state index contributed by atoms with van der Waals surface area (Å²) < 4.78 is 0. The van der Waals surface area contributed by atoms with Gasteiger partial charge in [-0.05, 0) is 25.0 Å². The lowest BCUT2D eigenvalue weighted by molar-refractivity contribution is -0.385. The summed E-state index contributed by atoms with van der Waals surface area (Å²) in [6.45, 7) is 2.18. The highest BCUT2D eigenvalue weighted by Gasteiger charge is 2.13. The van der Waals surface area contributed by atoms with Crippen LogP contribution < -0.4 is 5.32 Å². The van der Waals surface area contributed by atoms with E-state index in [0.717, 1.165) is 0 Å². The van der Waals surface area contributed by atoms with Gasteiger partial charge in [-0.2, -0.15) is 5.26 Å². The number of rotatable bonds is 7. The lowest BCUT2D eigenvalue weighted by Crippen LogP contribution is -2.11. The van der Waals surface area contributed by atoms with Gasteiger partial charge in [-0.3, -0.25) is 14.9 Å².